The van der Waals surface area contributed by atoms with Crippen LogP contribution >= 0.6 is 0 Å². The van der Waals surface area contributed by atoms with Crippen LogP contribution < -0.4 is 15.4 Å². The number of rotatable bonds is 7. The summed E-state index contributed by atoms with van der Waals surface area (Å²) < 4.78 is 7.39. The average Bonchev–Trinajstić information content (AvgIpc) is 3.11. The average molecular weight is 366 g/mol. The summed E-state index contributed by atoms with van der Waals surface area (Å²) >= 11 is 0. The summed E-state index contributed by atoms with van der Waals surface area (Å²) in [5.74, 6) is 2.64. The van der Waals surface area contributed by atoms with Gasteiger partial charge in [-0.1, -0.05) is 18.2 Å². The minimum absolute atomic E-state index is 0.730. The molecule has 0 bridgehead atoms. The lowest BCUT2D eigenvalue weighted by Gasteiger charge is -2.12. The zero-order chi connectivity index (χ0) is 19.1. The number of guanidine groups is 1. The third-order valence-corrected chi connectivity index (χ3v) is 4.43. The Morgan fingerprint density at radius 1 is 1.11 bits per heavy atom. The summed E-state index contributed by atoms with van der Waals surface area (Å²) in [5, 5.41) is 15.1. The van der Waals surface area contributed by atoms with Crippen molar-refractivity contribution in [2.45, 2.75) is 19.8 Å². The Kier molecular flexibility index (Phi) is 6.25. The van der Waals surface area contributed by atoms with E-state index >= 15 is 0 Å². The van der Waals surface area contributed by atoms with E-state index in [2.05, 4.69) is 44.0 Å². The van der Waals surface area contributed by atoms with Gasteiger partial charge >= 0.3 is 0 Å². The van der Waals surface area contributed by atoms with Gasteiger partial charge < -0.3 is 15.4 Å². The monoisotopic (exact) mass is 366 g/mol. The van der Waals surface area contributed by atoms with Crippen molar-refractivity contribution < 1.29 is 4.74 Å². The molecule has 0 saturated heterocycles. The SMILES string of the molecule is CN=C(NCCc1ccc(C)c(OC)c1)NCCc1nnc2ccccn12. The Hall–Kier alpha value is -3.09. The van der Waals surface area contributed by atoms with E-state index in [1.54, 1.807) is 14.2 Å². The maximum absolute atomic E-state index is 5.38. The van der Waals surface area contributed by atoms with Crippen molar-refractivity contribution in [3.63, 3.8) is 0 Å². The minimum atomic E-state index is 0.730. The largest absolute Gasteiger partial charge is 0.496 e. The molecule has 7 heteroatoms. The Bertz CT molecular complexity index is 918. The molecule has 0 spiro atoms. The van der Waals surface area contributed by atoms with E-state index in [1.165, 1.54) is 5.56 Å². The highest BCUT2D eigenvalue weighted by Crippen LogP contribution is 2.18. The number of hydrogen-bond donors (Lipinski definition) is 2. The van der Waals surface area contributed by atoms with Crippen molar-refractivity contribution in [3.8, 4) is 5.75 Å². The van der Waals surface area contributed by atoms with Crippen LogP contribution in [0.25, 0.3) is 5.65 Å². The maximum atomic E-state index is 5.38. The van der Waals surface area contributed by atoms with Gasteiger partial charge in [-0.15, -0.1) is 10.2 Å². The number of nitrogens with zero attached hydrogens (tertiary/aromatic N) is 4. The highest BCUT2D eigenvalue weighted by molar-refractivity contribution is 5.79. The normalized spacial score (nSPS) is 11.6. The van der Waals surface area contributed by atoms with E-state index in [1.807, 2.05) is 35.7 Å². The van der Waals surface area contributed by atoms with Crippen molar-refractivity contribution in [2.24, 2.45) is 4.99 Å². The van der Waals surface area contributed by atoms with Gasteiger partial charge in [0.2, 0.25) is 0 Å². The summed E-state index contributed by atoms with van der Waals surface area (Å²) in [4.78, 5) is 4.28. The van der Waals surface area contributed by atoms with Gasteiger partial charge in [-0.25, -0.2) is 0 Å². The highest BCUT2D eigenvalue weighted by atomic mass is 16.5. The molecule has 0 aliphatic rings. The number of aliphatic imine (C=N–C) groups is 1. The minimum Gasteiger partial charge on any atom is -0.496 e. The molecule has 0 unspecified atom stereocenters. The van der Waals surface area contributed by atoms with Crippen molar-refractivity contribution in [1.29, 1.82) is 0 Å². The predicted octanol–water partition coefficient (Wildman–Crippen LogP) is 2.00. The number of ether oxygens (including phenoxy) is 1. The van der Waals surface area contributed by atoms with Gasteiger partial charge in [-0.3, -0.25) is 9.39 Å². The number of fused-ring (bicyclic) bond motifs is 1. The fraction of sp³-hybridized carbons (Fsp3) is 0.350. The quantitative estimate of drug-likeness (QED) is 0.494. The first-order valence-corrected chi connectivity index (χ1v) is 9.08. The Balaban J connectivity index is 1.45. The molecule has 0 amide bonds. The summed E-state index contributed by atoms with van der Waals surface area (Å²) in [6.45, 7) is 3.57. The van der Waals surface area contributed by atoms with Gasteiger partial charge in [0.1, 0.15) is 11.6 Å². The van der Waals surface area contributed by atoms with Gasteiger partial charge in [0.25, 0.3) is 0 Å². The van der Waals surface area contributed by atoms with Gasteiger partial charge in [0.15, 0.2) is 11.6 Å². The van der Waals surface area contributed by atoms with Crippen LogP contribution in [0, 0.1) is 6.92 Å². The topological polar surface area (TPSA) is 75.8 Å². The van der Waals surface area contributed by atoms with Crippen LogP contribution in [0.15, 0.2) is 47.6 Å². The molecule has 0 aliphatic heterocycles. The van der Waals surface area contributed by atoms with Gasteiger partial charge in [-0.2, -0.15) is 0 Å². The summed E-state index contributed by atoms with van der Waals surface area (Å²) in [6, 6.07) is 12.2. The van der Waals surface area contributed by atoms with Crippen LogP contribution in [-0.4, -0.2) is 47.8 Å². The Labute approximate surface area is 159 Å². The van der Waals surface area contributed by atoms with Crippen molar-refractivity contribution in [2.75, 3.05) is 27.2 Å². The third-order valence-electron chi connectivity index (χ3n) is 4.43. The highest BCUT2D eigenvalue weighted by Gasteiger charge is 2.05. The second-order valence-electron chi connectivity index (χ2n) is 6.27. The molecule has 7 nitrogen and oxygen atoms in total. The number of methoxy groups -OCH3 is 1. The second-order valence-corrected chi connectivity index (χ2v) is 6.27. The van der Waals surface area contributed by atoms with E-state index < -0.39 is 0 Å². The maximum Gasteiger partial charge on any atom is 0.191 e. The van der Waals surface area contributed by atoms with Crippen molar-refractivity contribution in [1.82, 2.24) is 25.2 Å². The fourth-order valence-electron chi connectivity index (χ4n) is 2.92. The molecule has 0 saturated carbocycles. The molecular formula is C20H26N6O. The number of aryl methyl sites for hydroxylation is 1. The lowest BCUT2D eigenvalue weighted by Crippen LogP contribution is -2.39. The summed E-state index contributed by atoms with van der Waals surface area (Å²) in [7, 11) is 3.48. The number of nitrogens with one attached hydrogen (secondary N) is 2. The van der Waals surface area contributed by atoms with E-state index in [4.69, 9.17) is 4.74 Å². The zero-order valence-electron chi connectivity index (χ0n) is 16.1. The molecule has 142 valence electrons. The lowest BCUT2D eigenvalue weighted by atomic mass is 10.1. The van der Waals surface area contributed by atoms with Crippen molar-refractivity contribution >= 4 is 11.6 Å². The molecule has 0 radical (unpaired) electrons. The van der Waals surface area contributed by atoms with Crippen LogP contribution in [0.2, 0.25) is 0 Å². The van der Waals surface area contributed by atoms with Gasteiger partial charge in [-0.05, 0) is 42.7 Å². The molecule has 1 aromatic carbocycles. The molecule has 0 atom stereocenters. The van der Waals surface area contributed by atoms with Crippen LogP contribution in [-0.2, 0) is 12.8 Å². The standard InChI is InChI=1S/C20H26N6O/c1-15-7-8-16(14-17(15)27-3)9-11-22-20(21-2)23-12-10-19-25-24-18-6-4-5-13-26(18)19/h4-8,13-14H,9-12H2,1-3H3,(H2,21,22,23). The van der Waals surface area contributed by atoms with Crippen LogP contribution in [0.4, 0.5) is 0 Å². The van der Waals surface area contributed by atoms with E-state index in [0.717, 1.165) is 54.7 Å². The molecule has 3 rings (SSSR count). The van der Waals surface area contributed by atoms with Crippen LogP contribution in [0.3, 0.4) is 0 Å². The third kappa shape index (κ3) is 4.75. The van der Waals surface area contributed by atoms with Gasteiger partial charge in [0.05, 0.1) is 7.11 Å². The Morgan fingerprint density at radius 2 is 1.93 bits per heavy atom. The zero-order valence-corrected chi connectivity index (χ0v) is 16.1. The van der Waals surface area contributed by atoms with E-state index in [0.29, 0.717) is 0 Å². The number of hydrogen-bond acceptors (Lipinski definition) is 4. The fourth-order valence-corrected chi connectivity index (χ4v) is 2.92. The molecule has 2 heterocycles. The first kappa shape index (κ1) is 18.7. The second kappa shape index (κ2) is 9.02. The van der Waals surface area contributed by atoms with E-state index in [-0.39, 0.29) is 0 Å². The summed E-state index contributed by atoms with van der Waals surface area (Å²) in [5.41, 5.74) is 3.24. The molecule has 2 N–H and O–H groups in total. The van der Waals surface area contributed by atoms with Crippen LogP contribution in [0.5, 0.6) is 5.75 Å². The molecule has 0 aliphatic carbocycles. The number of aromatic nitrogens is 3. The van der Waals surface area contributed by atoms with E-state index in [9.17, 15) is 0 Å². The first-order chi connectivity index (χ1) is 13.2. The number of pyridine rings is 1. The lowest BCUT2D eigenvalue weighted by molar-refractivity contribution is 0.411. The molecule has 2 aromatic heterocycles. The predicted molar refractivity (Wildman–Crippen MR) is 107 cm³/mol. The molecule has 27 heavy (non-hydrogen) atoms. The van der Waals surface area contributed by atoms with Gasteiger partial charge in [0, 0.05) is 32.8 Å². The number of benzene rings is 1. The molecule has 3 aromatic rings. The molecular weight excluding hydrogens is 340 g/mol. The summed E-state index contributed by atoms with van der Waals surface area (Å²) in [6.07, 6.45) is 3.64. The first-order valence-electron chi connectivity index (χ1n) is 9.08. The van der Waals surface area contributed by atoms with Crippen molar-refractivity contribution in [3.05, 3.63) is 59.5 Å². The molecule has 0 fully saturated rings. The smallest absolute Gasteiger partial charge is 0.191 e. The Morgan fingerprint density at radius 3 is 2.70 bits per heavy atom. The van der Waals surface area contributed by atoms with Crippen LogP contribution in [0.1, 0.15) is 17.0 Å².